The number of phenols is 1. The van der Waals surface area contributed by atoms with Gasteiger partial charge in [-0.3, -0.25) is 29.5 Å². The van der Waals surface area contributed by atoms with Gasteiger partial charge in [-0.15, -0.1) is 0 Å². The summed E-state index contributed by atoms with van der Waals surface area (Å²) in [6, 6.07) is 10.6. The normalized spacial score (nSPS) is 21.4. The molecule has 2 N–H and O–H groups in total. The number of imide groups is 1. The first-order chi connectivity index (χ1) is 33.3. The second-order valence-corrected chi connectivity index (χ2v) is 20.5. The number of fused-ring (bicyclic) bond motifs is 2. The third kappa shape index (κ3) is 9.07. The summed E-state index contributed by atoms with van der Waals surface area (Å²) < 4.78 is 38.8. The van der Waals surface area contributed by atoms with Gasteiger partial charge in [0.05, 0.1) is 17.6 Å². The molecule has 14 nitrogen and oxygen atoms in total. The van der Waals surface area contributed by atoms with Gasteiger partial charge < -0.3 is 29.4 Å². The van der Waals surface area contributed by atoms with Crippen molar-refractivity contribution in [3.05, 3.63) is 77.0 Å². The number of likely N-dealkylation sites (N-methyl/N-ethyl adjacent to an activating group) is 1. The van der Waals surface area contributed by atoms with Gasteiger partial charge >= 0.3 is 6.01 Å². The van der Waals surface area contributed by atoms with Gasteiger partial charge in [-0.25, -0.2) is 8.78 Å². The molecule has 1 unspecified atom stereocenters. The number of amides is 3. The van der Waals surface area contributed by atoms with E-state index in [4.69, 9.17) is 14.7 Å². The molecular formula is C53H60F2N8O6. The molecule has 4 aliphatic heterocycles. The molecule has 4 saturated heterocycles. The second kappa shape index (κ2) is 18.6. The predicted molar refractivity (Wildman–Crippen MR) is 259 cm³/mol. The van der Waals surface area contributed by atoms with Crippen LogP contribution in [-0.4, -0.2) is 119 Å². The van der Waals surface area contributed by atoms with Crippen LogP contribution in [0.2, 0.25) is 0 Å². The SMILES string of the molecule is CCc1c(F)ccc2cc(O)cc(-c3ncc4c(N5CCC[C@H](C)C5)nc(OCC5(CN6CCC7(CC6)CCN(c6ccc(C=O)c(C(=O)N(C)C8CCC(=O)NC8=O)c6)CC7)CC5)nc4c3F)c12. The number of hydrogen-bond acceptors (Lipinski definition) is 12. The number of rotatable bonds is 12. The molecule has 5 fully saturated rings. The first-order valence-corrected chi connectivity index (χ1v) is 24.6. The van der Waals surface area contributed by atoms with Crippen molar-refractivity contribution in [2.75, 3.05) is 69.3 Å². The van der Waals surface area contributed by atoms with Gasteiger partial charge in [-0.2, -0.15) is 9.97 Å². The Morgan fingerprint density at radius 3 is 2.45 bits per heavy atom. The van der Waals surface area contributed by atoms with Gasteiger partial charge in [0, 0.05) is 74.6 Å². The average molecular weight is 943 g/mol. The third-order valence-electron chi connectivity index (χ3n) is 15.9. The minimum atomic E-state index is -0.787. The molecule has 0 bridgehead atoms. The molecule has 1 aliphatic carbocycles. The van der Waals surface area contributed by atoms with Crippen molar-refractivity contribution in [1.29, 1.82) is 0 Å². The number of nitrogens with one attached hydrogen (secondary N) is 1. The molecule has 69 heavy (non-hydrogen) atoms. The van der Waals surface area contributed by atoms with Crippen LogP contribution in [0.4, 0.5) is 20.3 Å². The number of piperidine rings is 4. The van der Waals surface area contributed by atoms with E-state index in [2.05, 4.69) is 31.9 Å². The number of carbonyl (C=O) groups excluding carboxylic acids is 4. The lowest BCUT2D eigenvalue weighted by atomic mass is 9.71. The molecule has 3 amide bonds. The van der Waals surface area contributed by atoms with Crippen molar-refractivity contribution in [2.45, 2.75) is 90.5 Å². The Bertz CT molecular complexity index is 2860. The topological polar surface area (TPSA) is 161 Å². The highest BCUT2D eigenvalue weighted by molar-refractivity contribution is 6.06. The van der Waals surface area contributed by atoms with Crippen molar-refractivity contribution >= 4 is 57.2 Å². The van der Waals surface area contributed by atoms with Crippen LogP contribution < -0.4 is 19.9 Å². The average Bonchev–Trinajstić information content (AvgIpc) is 4.12. The van der Waals surface area contributed by atoms with Crippen molar-refractivity contribution < 1.29 is 37.8 Å². The van der Waals surface area contributed by atoms with Gasteiger partial charge in [-0.05, 0) is 141 Å². The molecule has 2 aromatic heterocycles. The maximum absolute atomic E-state index is 17.1. The molecule has 1 spiro atoms. The highest BCUT2D eigenvalue weighted by Gasteiger charge is 2.47. The van der Waals surface area contributed by atoms with Crippen LogP contribution in [0.5, 0.6) is 11.8 Å². The zero-order valence-corrected chi connectivity index (χ0v) is 39.7. The predicted octanol–water partition coefficient (Wildman–Crippen LogP) is 7.86. The number of carbonyl (C=O) groups is 4. The maximum Gasteiger partial charge on any atom is 0.319 e. The number of benzene rings is 3. The minimum absolute atomic E-state index is 0.0237. The Kier molecular flexibility index (Phi) is 12.5. The molecule has 6 heterocycles. The van der Waals surface area contributed by atoms with E-state index in [1.165, 1.54) is 24.1 Å². The van der Waals surface area contributed by atoms with Crippen LogP contribution in [0.1, 0.15) is 104 Å². The quantitative estimate of drug-likeness (QED) is 0.0922. The number of pyridine rings is 1. The first-order valence-electron chi connectivity index (χ1n) is 24.6. The third-order valence-corrected chi connectivity index (χ3v) is 15.9. The fourth-order valence-corrected chi connectivity index (χ4v) is 11.5. The van der Waals surface area contributed by atoms with Gasteiger partial charge in [0.2, 0.25) is 11.8 Å². The maximum atomic E-state index is 17.1. The molecule has 362 valence electrons. The second-order valence-electron chi connectivity index (χ2n) is 20.5. The van der Waals surface area contributed by atoms with Gasteiger partial charge in [-0.1, -0.05) is 19.9 Å². The van der Waals surface area contributed by atoms with Gasteiger partial charge in [0.1, 0.15) is 34.6 Å². The van der Waals surface area contributed by atoms with Crippen LogP contribution in [-0.2, 0) is 16.0 Å². The molecular weight excluding hydrogens is 883 g/mol. The van der Waals surface area contributed by atoms with Crippen LogP contribution in [0.15, 0.2) is 48.7 Å². The number of anilines is 2. The summed E-state index contributed by atoms with van der Waals surface area (Å²) >= 11 is 0. The molecule has 10 rings (SSSR count). The number of phenolic OH excluding ortho intramolecular Hbond substituents is 1. The number of nitrogens with zero attached hydrogens (tertiary/aromatic N) is 7. The Morgan fingerprint density at radius 2 is 1.74 bits per heavy atom. The highest BCUT2D eigenvalue weighted by atomic mass is 19.1. The standard InChI is InChI=1S/C53H60F2N8O6/c1-4-37-41(54)10-8-33-24-36(65)26-39(44(33)37)46-45(55)47-40(27-56-46)48(63-19-5-6-32(2)28-63)59-51(58-47)69-31-53(13-14-53)30-61-20-15-52(16-21-61)17-22-62(23-18-52)35-9-7-34(29-64)38(25-35)50(68)60(3)42-11-12-43(66)57-49(42)67/h7-10,24-27,29,32,42,65H,4-6,11-23,28,30-31H2,1-3H3,(H,57,66,67)/t32-,42?/m0/s1. The van der Waals surface area contributed by atoms with Gasteiger partial charge in [0.25, 0.3) is 5.91 Å². The Morgan fingerprint density at radius 1 is 0.971 bits per heavy atom. The molecule has 1 saturated carbocycles. The number of aromatic nitrogens is 3. The van der Waals surface area contributed by atoms with Crippen LogP contribution in [0.3, 0.4) is 0 Å². The van der Waals surface area contributed by atoms with E-state index in [1.54, 1.807) is 30.5 Å². The molecule has 5 aliphatic rings. The fourth-order valence-electron chi connectivity index (χ4n) is 11.5. The van der Waals surface area contributed by atoms with E-state index in [0.29, 0.717) is 58.3 Å². The van der Waals surface area contributed by atoms with Crippen molar-refractivity contribution in [1.82, 2.24) is 30.1 Å². The van der Waals surface area contributed by atoms with Crippen LogP contribution in [0, 0.1) is 28.4 Å². The summed E-state index contributed by atoms with van der Waals surface area (Å²) in [4.78, 5) is 72.6. The fraction of sp³-hybridized carbons (Fsp3) is 0.491. The number of halogens is 2. The van der Waals surface area contributed by atoms with E-state index in [0.717, 1.165) is 103 Å². The van der Waals surface area contributed by atoms with E-state index < -0.39 is 29.5 Å². The largest absolute Gasteiger partial charge is 0.508 e. The lowest BCUT2D eigenvalue weighted by Gasteiger charge is -2.48. The number of aryl methyl sites for hydroxylation is 1. The summed E-state index contributed by atoms with van der Waals surface area (Å²) in [6.45, 7) is 10.4. The van der Waals surface area contributed by atoms with E-state index in [9.17, 15) is 24.3 Å². The highest BCUT2D eigenvalue weighted by Crippen LogP contribution is 2.49. The molecule has 16 heteroatoms. The number of hydrogen-bond donors (Lipinski definition) is 2. The molecule has 0 radical (unpaired) electrons. The molecule has 2 atom stereocenters. The molecule has 5 aromatic rings. The number of ether oxygens (including phenoxy) is 1. The molecule has 3 aromatic carbocycles. The zero-order valence-electron chi connectivity index (χ0n) is 39.7. The number of likely N-dealkylation sites (tertiary alicyclic amines) is 1. The summed E-state index contributed by atoms with van der Waals surface area (Å²) in [6.07, 6.45) is 11.3. The van der Waals surface area contributed by atoms with E-state index >= 15 is 8.78 Å². The Hall–Kier alpha value is -6.29. The summed E-state index contributed by atoms with van der Waals surface area (Å²) in [5.74, 6) is -1.44. The lowest BCUT2D eigenvalue weighted by molar-refractivity contribution is -0.136. The Balaban J connectivity index is 0.812. The van der Waals surface area contributed by atoms with E-state index in [-0.39, 0.29) is 63.7 Å². The van der Waals surface area contributed by atoms with Crippen molar-refractivity contribution in [3.8, 4) is 23.0 Å². The number of aldehydes is 1. The lowest BCUT2D eigenvalue weighted by Crippen LogP contribution is -2.53. The van der Waals surface area contributed by atoms with Crippen LogP contribution in [0.25, 0.3) is 32.9 Å². The monoisotopic (exact) mass is 942 g/mol. The summed E-state index contributed by atoms with van der Waals surface area (Å²) in [7, 11) is 1.54. The minimum Gasteiger partial charge on any atom is -0.508 e. The summed E-state index contributed by atoms with van der Waals surface area (Å²) in [5, 5.41) is 14.6. The summed E-state index contributed by atoms with van der Waals surface area (Å²) in [5.41, 5.74) is 2.28. The Labute approximate surface area is 400 Å². The smallest absolute Gasteiger partial charge is 0.319 e. The number of aromatic hydroxyl groups is 1. The van der Waals surface area contributed by atoms with E-state index in [1.807, 2.05) is 13.0 Å². The van der Waals surface area contributed by atoms with Gasteiger partial charge in [0.15, 0.2) is 12.1 Å². The van der Waals surface area contributed by atoms with Crippen molar-refractivity contribution in [3.63, 3.8) is 0 Å². The van der Waals surface area contributed by atoms with Crippen molar-refractivity contribution in [2.24, 2.45) is 16.7 Å². The first kappa shape index (κ1) is 46.4. The zero-order chi connectivity index (χ0) is 48.2. The van der Waals surface area contributed by atoms with Crippen LogP contribution >= 0.6 is 0 Å².